The zero-order valence-electron chi connectivity index (χ0n) is 16.1. The molecule has 4 heterocycles. The van der Waals surface area contributed by atoms with Crippen LogP contribution in [-0.2, 0) is 16.1 Å². The van der Waals surface area contributed by atoms with Crippen molar-refractivity contribution in [3.05, 3.63) is 26.6 Å². The lowest BCUT2D eigenvalue weighted by Crippen LogP contribution is -2.51. The van der Waals surface area contributed by atoms with E-state index in [9.17, 15) is 14.4 Å². The van der Waals surface area contributed by atoms with Gasteiger partial charge in [0.25, 0.3) is 11.5 Å². The number of aryl methyl sites for hydroxylation is 1. The van der Waals surface area contributed by atoms with Crippen LogP contribution < -0.4 is 5.56 Å². The average Bonchev–Trinajstić information content (AvgIpc) is 3.30. The number of ketones is 1. The molecule has 2 aromatic heterocycles. The quantitative estimate of drug-likeness (QED) is 0.772. The Balaban J connectivity index is 1.44. The Bertz CT molecular complexity index is 968. The zero-order chi connectivity index (χ0) is 19.8. The van der Waals surface area contributed by atoms with Crippen molar-refractivity contribution in [3.8, 4) is 0 Å². The first-order chi connectivity index (χ1) is 13.4. The van der Waals surface area contributed by atoms with Gasteiger partial charge in [0.05, 0.1) is 16.8 Å². The lowest BCUT2D eigenvalue weighted by Gasteiger charge is -2.35. The van der Waals surface area contributed by atoms with Crippen molar-refractivity contribution in [1.82, 2.24) is 19.8 Å². The Kier molecular flexibility index (Phi) is 5.31. The van der Waals surface area contributed by atoms with E-state index in [1.54, 1.807) is 6.92 Å². The van der Waals surface area contributed by atoms with Crippen molar-refractivity contribution < 1.29 is 14.3 Å². The van der Waals surface area contributed by atoms with Gasteiger partial charge in [0.15, 0.2) is 5.78 Å². The molecule has 2 saturated heterocycles. The molecule has 0 bridgehead atoms. The number of carbonyl (C=O) groups is 2. The van der Waals surface area contributed by atoms with E-state index in [0.29, 0.717) is 52.7 Å². The summed E-state index contributed by atoms with van der Waals surface area (Å²) in [6.07, 6.45) is 1.49. The fourth-order valence-electron chi connectivity index (χ4n) is 3.91. The Labute approximate surface area is 166 Å². The second-order valence-corrected chi connectivity index (χ2v) is 8.41. The van der Waals surface area contributed by atoms with E-state index in [4.69, 9.17) is 4.74 Å². The fourth-order valence-corrected chi connectivity index (χ4v) is 5.01. The van der Waals surface area contributed by atoms with Gasteiger partial charge in [0, 0.05) is 32.8 Å². The van der Waals surface area contributed by atoms with Gasteiger partial charge in [0.1, 0.15) is 16.8 Å². The number of rotatable bonds is 4. The molecule has 0 spiro atoms. The minimum Gasteiger partial charge on any atom is -0.368 e. The normalized spacial score (nSPS) is 20.8. The molecule has 0 unspecified atom stereocenters. The number of hydrogen-bond acceptors (Lipinski definition) is 7. The van der Waals surface area contributed by atoms with Crippen LogP contribution >= 0.6 is 11.3 Å². The van der Waals surface area contributed by atoms with Crippen molar-refractivity contribution >= 4 is 33.2 Å². The lowest BCUT2D eigenvalue weighted by molar-refractivity contribution is -0.142. The molecule has 0 aromatic carbocycles. The van der Waals surface area contributed by atoms with Gasteiger partial charge in [-0.1, -0.05) is 0 Å². The molecule has 2 fully saturated rings. The summed E-state index contributed by atoms with van der Waals surface area (Å²) in [7, 11) is 0. The molecule has 2 aromatic rings. The Hall–Kier alpha value is -2.10. The Morgan fingerprint density at radius 1 is 1.29 bits per heavy atom. The SMILES string of the molecule is CC(=O)c1sc2nc(CN3CCN(C(=O)[C@@H]4CCCO4)CC3)[nH]c(=O)c2c1C. The smallest absolute Gasteiger partial charge is 0.259 e. The molecule has 9 heteroatoms. The number of hydrogen-bond donors (Lipinski definition) is 1. The van der Waals surface area contributed by atoms with Gasteiger partial charge in [-0.25, -0.2) is 4.98 Å². The first-order valence-electron chi connectivity index (χ1n) is 9.60. The molecule has 2 aliphatic heterocycles. The molecule has 0 aliphatic carbocycles. The maximum absolute atomic E-state index is 12.5. The van der Waals surface area contributed by atoms with E-state index >= 15 is 0 Å². The van der Waals surface area contributed by atoms with Crippen molar-refractivity contribution in [2.24, 2.45) is 0 Å². The van der Waals surface area contributed by atoms with Crippen molar-refractivity contribution in [1.29, 1.82) is 0 Å². The summed E-state index contributed by atoms with van der Waals surface area (Å²) in [5, 5.41) is 0.505. The molecule has 28 heavy (non-hydrogen) atoms. The average molecular weight is 404 g/mol. The van der Waals surface area contributed by atoms with Gasteiger partial charge in [-0.05, 0) is 32.3 Å². The summed E-state index contributed by atoms with van der Waals surface area (Å²) >= 11 is 1.27. The summed E-state index contributed by atoms with van der Waals surface area (Å²) in [6, 6.07) is 0. The van der Waals surface area contributed by atoms with E-state index in [1.807, 2.05) is 4.90 Å². The molecule has 1 atom stereocenters. The number of piperazine rings is 1. The molecule has 0 radical (unpaired) electrons. The van der Waals surface area contributed by atoms with E-state index in [1.165, 1.54) is 18.3 Å². The van der Waals surface area contributed by atoms with E-state index in [0.717, 1.165) is 25.9 Å². The molecular weight excluding hydrogens is 380 g/mol. The third-order valence-electron chi connectivity index (χ3n) is 5.43. The molecule has 8 nitrogen and oxygen atoms in total. The minimum absolute atomic E-state index is 0.0477. The minimum atomic E-state index is -0.274. The summed E-state index contributed by atoms with van der Waals surface area (Å²) in [4.78, 5) is 49.4. The maximum atomic E-state index is 12.5. The molecular formula is C19H24N4O4S. The van der Waals surface area contributed by atoms with Crippen LogP contribution in [0.5, 0.6) is 0 Å². The zero-order valence-corrected chi connectivity index (χ0v) is 16.9. The molecule has 150 valence electrons. The van der Waals surface area contributed by atoms with Gasteiger partial charge in [-0.2, -0.15) is 0 Å². The van der Waals surface area contributed by atoms with Crippen LogP contribution in [0.1, 0.15) is 40.8 Å². The highest BCUT2D eigenvalue weighted by Gasteiger charge is 2.30. The highest BCUT2D eigenvalue weighted by molar-refractivity contribution is 7.20. The summed E-state index contributed by atoms with van der Waals surface area (Å²) in [5.74, 6) is 0.636. The fraction of sp³-hybridized carbons (Fsp3) is 0.579. The Morgan fingerprint density at radius 3 is 2.68 bits per heavy atom. The summed E-state index contributed by atoms with van der Waals surface area (Å²) in [6.45, 7) is 7.23. The number of nitrogens with one attached hydrogen (secondary N) is 1. The Morgan fingerprint density at radius 2 is 2.04 bits per heavy atom. The third kappa shape index (κ3) is 3.61. The van der Waals surface area contributed by atoms with Crippen LogP contribution in [0.2, 0.25) is 0 Å². The lowest BCUT2D eigenvalue weighted by atomic mass is 10.2. The maximum Gasteiger partial charge on any atom is 0.259 e. The van der Waals surface area contributed by atoms with Crippen LogP contribution in [-0.4, -0.2) is 70.3 Å². The highest BCUT2D eigenvalue weighted by Crippen LogP contribution is 2.27. The number of fused-ring (bicyclic) bond motifs is 1. The second-order valence-electron chi connectivity index (χ2n) is 7.41. The molecule has 0 saturated carbocycles. The van der Waals surface area contributed by atoms with Crippen LogP contribution in [0.15, 0.2) is 4.79 Å². The number of aromatic nitrogens is 2. The number of nitrogens with zero attached hydrogens (tertiary/aromatic N) is 3. The van der Waals surface area contributed by atoms with Crippen LogP contribution in [0, 0.1) is 6.92 Å². The second kappa shape index (κ2) is 7.73. The number of H-pyrrole nitrogens is 1. The van der Waals surface area contributed by atoms with Gasteiger partial charge in [0.2, 0.25) is 0 Å². The van der Waals surface area contributed by atoms with Gasteiger partial charge in [-0.3, -0.25) is 19.3 Å². The number of Topliss-reactive ketones (excluding diaryl/α,β-unsaturated/α-hetero) is 1. The molecule has 1 amide bonds. The number of amides is 1. The van der Waals surface area contributed by atoms with Crippen LogP contribution in [0.25, 0.3) is 10.2 Å². The van der Waals surface area contributed by atoms with Crippen molar-refractivity contribution in [2.75, 3.05) is 32.8 Å². The van der Waals surface area contributed by atoms with E-state index in [2.05, 4.69) is 14.9 Å². The number of ether oxygens (including phenoxy) is 1. The summed E-state index contributed by atoms with van der Waals surface area (Å²) in [5.41, 5.74) is 0.502. The van der Waals surface area contributed by atoms with Gasteiger partial charge in [-0.15, -0.1) is 11.3 Å². The van der Waals surface area contributed by atoms with Gasteiger partial charge < -0.3 is 14.6 Å². The summed E-state index contributed by atoms with van der Waals surface area (Å²) < 4.78 is 5.50. The first kappa shape index (κ1) is 19.2. The van der Waals surface area contributed by atoms with E-state index in [-0.39, 0.29) is 23.4 Å². The standard InChI is InChI=1S/C19H24N4O4S/c1-11-15-17(25)20-14(21-18(15)28-16(11)12(2)24)10-22-5-7-23(8-6-22)19(26)13-4-3-9-27-13/h13H,3-10H2,1-2H3,(H,20,21,25)/t13-/m0/s1. The number of thiophene rings is 1. The first-order valence-corrected chi connectivity index (χ1v) is 10.4. The van der Waals surface area contributed by atoms with Gasteiger partial charge >= 0.3 is 0 Å². The third-order valence-corrected chi connectivity index (χ3v) is 6.72. The van der Waals surface area contributed by atoms with Crippen LogP contribution in [0.4, 0.5) is 0 Å². The predicted octanol–water partition coefficient (Wildman–Crippen LogP) is 1.32. The predicted molar refractivity (Wildman–Crippen MR) is 106 cm³/mol. The topological polar surface area (TPSA) is 95.6 Å². The van der Waals surface area contributed by atoms with Crippen molar-refractivity contribution in [2.45, 2.75) is 39.3 Å². The van der Waals surface area contributed by atoms with Crippen LogP contribution in [0.3, 0.4) is 0 Å². The van der Waals surface area contributed by atoms with Crippen molar-refractivity contribution in [3.63, 3.8) is 0 Å². The monoisotopic (exact) mass is 404 g/mol. The molecule has 2 aliphatic rings. The molecule has 1 N–H and O–H groups in total. The number of aromatic amines is 1. The van der Waals surface area contributed by atoms with E-state index < -0.39 is 0 Å². The number of carbonyl (C=O) groups excluding carboxylic acids is 2. The highest BCUT2D eigenvalue weighted by atomic mass is 32.1. The molecule has 4 rings (SSSR count). The largest absolute Gasteiger partial charge is 0.368 e.